The third-order valence-corrected chi connectivity index (χ3v) is 4.57. The Morgan fingerprint density at radius 1 is 1.14 bits per heavy atom. The van der Waals surface area contributed by atoms with Crippen LogP contribution in [0, 0.1) is 5.92 Å². The highest BCUT2D eigenvalue weighted by Gasteiger charge is 2.13. The van der Waals surface area contributed by atoms with Crippen molar-refractivity contribution in [1.82, 2.24) is 10.6 Å². The molecule has 1 saturated heterocycles. The van der Waals surface area contributed by atoms with E-state index in [9.17, 15) is 0 Å². The lowest BCUT2D eigenvalue weighted by Crippen LogP contribution is -2.37. The van der Waals surface area contributed by atoms with Crippen LogP contribution >= 0.6 is 24.0 Å². The van der Waals surface area contributed by atoms with Gasteiger partial charge in [-0.2, -0.15) is 0 Å². The van der Waals surface area contributed by atoms with Crippen molar-refractivity contribution in [3.8, 4) is 0 Å². The maximum atomic E-state index is 5.97. The molecular formula is C22H38IN3O3. The minimum absolute atomic E-state index is 0. The van der Waals surface area contributed by atoms with E-state index in [4.69, 9.17) is 14.2 Å². The summed E-state index contributed by atoms with van der Waals surface area (Å²) < 4.78 is 16.9. The summed E-state index contributed by atoms with van der Waals surface area (Å²) in [6.45, 7) is 9.81. The molecule has 1 heterocycles. The molecule has 0 spiro atoms. The van der Waals surface area contributed by atoms with Gasteiger partial charge in [-0.1, -0.05) is 38.1 Å². The zero-order valence-electron chi connectivity index (χ0n) is 18.1. The zero-order valence-corrected chi connectivity index (χ0v) is 20.4. The first-order valence-corrected chi connectivity index (χ1v) is 10.5. The Bertz CT molecular complexity index is 561. The van der Waals surface area contributed by atoms with Gasteiger partial charge in [0.2, 0.25) is 0 Å². The minimum Gasteiger partial charge on any atom is -0.381 e. The minimum atomic E-state index is 0. The van der Waals surface area contributed by atoms with Gasteiger partial charge in [0.15, 0.2) is 5.96 Å². The fourth-order valence-corrected chi connectivity index (χ4v) is 2.92. The van der Waals surface area contributed by atoms with Crippen molar-refractivity contribution in [2.45, 2.75) is 52.4 Å². The van der Waals surface area contributed by atoms with E-state index in [-0.39, 0.29) is 24.0 Å². The summed E-state index contributed by atoms with van der Waals surface area (Å²) in [7, 11) is 1.79. The number of nitrogens with zero attached hydrogens (tertiary/aromatic N) is 1. The molecule has 29 heavy (non-hydrogen) atoms. The van der Waals surface area contributed by atoms with Gasteiger partial charge >= 0.3 is 0 Å². The molecule has 2 N–H and O–H groups in total. The summed E-state index contributed by atoms with van der Waals surface area (Å²) >= 11 is 0. The molecule has 1 fully saturated rings. The average Bonchev–Trinajstić information content (AvgIpc) is 2.72. The summed E-state index contributed by atoms with van der Waals surface area (Å²) in [6.07, 6.45) is 3.30. The zero-order chi connectivity index (χ0) is 20.0. The summed E-state index contributed by atoms with van der Waals surface area (Å²) in [5, 5.41) is 6.68. The van der Waals surface area contributed by atoms with Crippen molar-refractivity contribution in [1.29, 1.82) is 0 Å². The highest BCUT2D eigenvalue weighted by Crippen LogP contribution is 2.14. The Morgan fingerprint density at radius 2 is 1.83 bits per heavy atom. The summed E-state index contributed by atoms with van der Waals surface area (Å²) in [5.74, 6) is 1.40. The monoisotopic (exact) mass is 519 g/mol. The van der Waals surface area contributed by atoms with Crippen molar-refractivity contribution in [3.05, 3.63) is 35.4 Å². The SMILES string of the molecule is CN=C(NCCCOCC(C)C)NCc1ccc(COC2CCOCC2)cc1.I. The number of guanidine groups is 1. The summed E-state index contributed by atoms with van der Waals surface area (Å²) in [6, 6.07) is 8.56. The summed E-state index contributed by atoms with van der Waals surface area (Å²) in [5.41, 5.74) is 2.43. The number of ether oxygens (including phenoxy) is 3. The fraction of sp³-hybridized carbons (Fsp3) is 0.682. The topological polar surface area (TPSA) is 64.1 Å². The van der Waals surface area contributed by atoms with Gasteiger partial charge in [-0.3, -0.25) is 4.99 Å². The van der Waals surface area contributed by atoms with Gasteiger partial charge in [-0.05, 0) is 36.3 Å². The van der Waals surface area contributed by atoms with Crippen LogP contribution < -0.4 is 10.6 Å². The molecule has 166 valence electrons. The molecule has 0 bridgehead atoms. The molecule has 0 atom stereocenters. The predicted molar refractivity (Wildman–Crippen MR) is 129 cm³/mol. The van der Waals surface area contributed by atoms with Crippen LogP contribution in [0.25, 0.3) is 0 Å². The normalized spacial score (nSPS) is 15.2. The second kappa shape index (κ2) is 15.9. The molecule has 1 aliphatic heterocycles. The van der Waals surface area contributed by atoms with Crippen LogP contribution in [0.2, 0.25) is 0 Å². The standard InChI is InChI=1S/C22H37N3O3.HI/c1-18(2)16-27-12-4-11-24-22(23-3)25-15-19-5-7-20(8-6-19)17-28-21-9-13-26-14-10-21;/h5-8,18,21H,4,9-17H2,1-3H3,(H2,23,24,25);1H. The molecule has 1 aromatic carbocycles. The van der Waals surface area contributed by atoms with E-state index in [1.165, 1.54) is 11.1 Å². The second-order valence-corrected chi connectivity index (χ2v) is 7.61. The van der Waals surface area contributed by atoms with Crippen LogP contribution in [0.3, 0.4) is 0 Å². The lowest BCUT2D eigenvalue weighted by atomic mass is 10.1. The molecular weight excluding hydrogens is 481 g/mol. The average molecular weight is 519 g/mol. The molecule has 1 aromatic rings. The number of rotatable bonds is 11. The van der Waals surface area contributed by atoms with E-state index < -0.39 is 0 Å². The van der Waals surface area contributed by atoms with Gasteiger partial charge in [-0.15, -0.1) is 24.0 Å². The summed E-state index contributed by atoms with van der Waals surface area (Å²) in [4.78, 5) is 4.27. The Hall–Kier alpha value is -0.900. The maximum Gasteiger partial charge on any atom is 0.191 e. The lowest BCUT2D eigenvalue weighted by Gasteiger charge is -2.22. The van der Waals surface area contributed by atoms with Crippen LogP contribution in [-0.2, 0) is 27.4 Å². The fourth-order valence-electron chi connectivity index (χ4n) is 2.92. The van der Waals surface area contributed by atoms with Gasteiger partial charge in [0.25, 0.3) is 0 Å². The van der Waals surface area contributed by atoms with Crippen LogP contribution in [0.15, 0.2) is 29.3 Å². The van der Waals surface area contributed by atoms with Crippen molar-refractivity contribution >= 4 is 29.9 Å². The molecule has 6 nitrogen and oxygen atoms in total. The first-order valence-electron chi connectivity index (χ1n) is 10.5. The molecule has 0 unspecified atom stereocenters. The number of aliphatic imine (C=N–C) groups is 1. The Labute approximate surface area is 193 Å². The van der Waals surface area contributed by atoms with E-state index in [0.717, 1.165) is 64.7 Å². The Kier molecular flexibility index (Phi) is 14.3. The van der Waals surface area contributed by atoms with Gasteiger partial charge in [0.1, 0.15) is 0 Å². The van der Waals surface area contributed by atoms with Gasteiger partial charge in [-0.25, -0.2) is 0 Å². The van der Waals surface area contributed by atoms with Crippen molar-refractivity contribution in [3.63, 3.8) is 0 Å². The van der Waals surface area contributed by atoms with E-state index in [0.29, 0.717) is 18.6 Å². The van der Waals surface area contributed by atoms with Gasteiger partial charge < -0.3 is 24.8 Å². The lowest BCUT2D eigenvalue weighted by molar-refractivity contribution is -0.0390. The number of hydrogen-bond acceptors (Lipinski definition) is 4. The van der Waals surface area contributed by atoms with Crippen LogP contribution in [0.5, 0.6) is 0 Å². The Balaban J connectivity index is 0.00000420. The Morgan fingerprint density at radius 3 is 2.48 bits per heavy atom. The molecule has 0 saturated carbocycles. The number of benzene rings is 1. The van der Waals surface area contributed by atoms with Crippen molar-refractivity contribution < 1.29 is 14.2 Å². The van der Waals surface area contributed by atoms with E-state index in [1.54, 1.807) is 7.05 Å². The molecule has 2 rings (SSSR count). The van der Waals surface area contributed by atoms with Crippen molar-refractivity contribution in [2.75, 3.05) is 40.0 Å². The molecule has 0 aromatic heterocycles. The molecule has 0 radical (unpaired) electrons. The number of nitrogens with one attached hydrogen (secondary N) is 2. The van der Waals surface area contributed by atoms with Crippen LogP contribution in [0.4, 0.5) is 0 Å². The van der Waals surface area contributed by atoms with E-state index in [2.05, 4.69) is 53.7 Å². The third kappa shape index (κ3) is 11.8. The van der Waals surface area contributed by atoms with Crippen LogP contribution in [0.1, 0.15) is 44.2 Å². The van der Waals surface area contributed by atoms with Crippen molar-refractivity contribution in [2.24, 2.45) is 10.9 Å². The second-order valence-electron chi connectivity index (χ2n) is 7.61. The first-order chi connectivity index (χ1) is 13.7. The maximum absolute atomic E-state index is 5.97. The van der Waals surface area contributed by atoms with E-state index in [1.807, 2.05) is 0 Å². The predicted octanol–water partition coefficient (Wildman–Crippen LogP) is 3.73. The van der Waals surface area contributed by atoms with Crippen LogP contribution in [-0.4, -0.2) is 52.1 Å². The van der Waals surface area contributed by atoms with Gasteiger partial charge in [0.05, 0.1) is 12.7 Å². The molecule has 0 amide bonds. The molecule has 1 aliphatic rings. The largest absolute Gasteiger partial charge is 0.381 e. The highest BCUT2D eigenvalue weighted by molar-refractivity contribution is 14.0. The quantitative estimate of drug-likeness (QED) is 0.202. The number of halogens is 1. The highest BCUT2D eigenvalue weighted by atomic mass is 127. The first kappa shape index (κ1) is 26.1. The molecule has 0 aliphatic carbocycles. The van der Waals surface area contributed by atoms with Gasteiger partial charge in [0, 0.05) is 46.6 Å². The smallest absolute Gasteiger partial charge is 0.191 e. The molecule has 7 heteroatoms. The third-order valence-electron chi connectivity index (χ3n) is 4.57. The number of hydrogen-bond donors (Lipinski definition) is 2. The van der Waals surface area contributed by atoms with E-state index >= 15 is 0 Å².